The van der Waals surface area contributed by atoms with Crippen molar-refractivity contribution in [3.8, 4) is 0 Å². The molecular formula is C21H36IN5O3. The molecule has 1 aromatic heterocycles. The second-order valence-corrected chi connectivity index (χ2v) is 8.76. The lowest BCUT2D eigenvalue weighted by atomic mass is 10.1. The van der Waals surface area contributed by atoms with Crippen molar-refractivity contribution < 1.29 is 14.3 Å². The molecule has 1 aliphatic heterocycles. The number of carbonyl (C=O) groups is 1. The molecule has 30 heavy (non-hydrogen) atoms. The molecule has 1 aromatic rings. The van der Waals surface area contributed by atoms with Crippen LogP contribution in [-0.2, 0) is 16.0 Å². The van der Waals surface area contributed by atoms with Gasteiger partial charge in [0.1, 0.15) is 11.3 Å². The van der Waals surface area contributed by atoms with Crippen molar-refractivity contribution >= 4 is 36.0 Å². The highest BCUT2D eigenvalue weighted by Crippen LogP contribution is 2.33. The average Bonchev–Trinajstić information content (AvgIpc) is 2.83. The van der Waals surface area contributed by atoms with Gasteiger partial charge in [-0.15, -0.1) is 24.0 Å². The molecule has 2 atom stereocenters. The van der Waals surface area contributed by atoms with E-state index in [1.54, 1.807) is 18.1 Å². The van der Waals surface area contributed by atoms with Gasteiger partial charge in [-0.25, -0.2) is 4.79 Å². The van der Waals surface area contributed by atoms with E-state index in [1.165, 1.54) is 0 Å². The molecule has 0 saturated carbocycles. The van der Waals surface area contributed by atoms with E-state index in [0.717, 1.165) is 11.3 Å². The number of ether oxygens (including phenoxy) is 2. The molecule has 0 aliphatic carbocycles. The van der Waals surface area contributed by atoms with Crippen molar-refractivity contribution in [2.24, 2.45) is 4.99 Å². The molecule has 1 aliphatic rings. The number of halogens is 1. The summed E-state index contributed by atoms with van der Waals surface area (Å²) in [6, 6.07) is 3.74. The van der Waals surface area contributed by atoms with Gasteiger partial charge >= 0.3 is 6.09 Å². The van der Waals surface area contributed by atoms with Crippen LogP contribution in [0.15, 0.2) is 23.3 Å². The standard InChI is InChI=1S/C21H35N5O3.HI/c1-14-10-9-11-23-16(14)12-24-18(22-8)25-13-17-15(2)28-21(6,7)26(17)19(27)29-20(3,4)5;/h9-11,15,17H,12-13H2,1-8H3,(H2,22,24,25);1H. The molecule has 2 rings (SSSR count). The van der Waals surface area contributed by atoms with E-state index in [2.05, 4.69) is 20.6 Å². The van der Waals surface area contributed by atoms with Crippen molar-refractivity contribution in [1.29, 1.82) is 0 Å². The van der Waals surface area contributed by atoms with Crippen LogP contribution in [0.2, 0.25) is 0 Å². The predicted octanol–water partition coefficient (Wildman–Crippen LogP) is 3.43. The number of nitrogens with one attached hydrogen (secondary N) is 2. The Morgan fingerprint density at radius 1 is 1.37 bits per heavy atom. The minimum atomic E-state index is -0.754. The van der Waals surface area contributed by atoms with Gasteiger partial charge in [-0.1, -0.05) is 6.07 Å². The third kappa shape index (κ3) is 6.97. The van der Waals surface area contributed by atoms with Crippen LogP contribution < -0.4 is 10.6 Å². The quantitative estimate of drug-likeness (QED) is 0.351. The first-order chi connectivity index (χ1) is 13.4. The lowest BCUT2D eigenvalue weighted by molar-refractivity contribution is -0.0755. The Morgan fingerprint density at radius 3 is 2.60 bits per heavy atom. The highest BCUT2D eigenvalue weighted by molar-refractivity contribution is 14.0. The maximum Gasteiger partial charge on any atom is 0.412 e. The van der Waals surface area contributed by atoms with Gasteiger partial charge in [0.05, 0.1) is 24.4 Å². The van der Waals surface area contributed by atoms with Gasteiger partial charge in [0.15, 0.2) is 5.96 Å². The second kappa shape index (κ2) is 10.6. The van der Waals surface area contributed by atoms with Crippen LogP contribution in [0.1, 0.15) is 52.8 Å². The summed E-state index contributed by atoms with van der Waals surface area (Å²) < 4.78 is 11.6. The van der Waals surface area contributed by atoms with Gasteiger partial charge < -0.3 is 20.1 Å². The molecule has 1 amide bonds. The summed E-state index contributed by atoms with van der Waals surface area (Å²) in [6.07, 6.45) is 1.24. The van der Waals surface area contributed by atoms with Crippen molar-refractivity contribution in [2.75, 3.05) is 13.6 Å². The predicted molar refractivity (Wildman–Crippen MR) is 129 cm³/mol. The lowest BCUT2D eigenvalue weighted by Crippen LogP contribution is -2.54. The molecule has 9 heteroatoms. The van der Waals surface area contributed by atoms with Crippen molar-refractivity contribution in [3.05, 3.63) is 29.6 Å². The molecule has 0 bridgehead atoms. The molecule has 0 aromatic carbocycles. The molecule has 2 heterocycles. The highest BCUT2D eigenvalue weighted by atomic mass is 127. The smallest absolute Gasteiger partial charge is 0.412 e. The lowest BCUT2D eigenvalue weighted by Gasteiger charge is -2.35. The van der Waals surface area contributed by atoms with Crippen LogP contribution >= 0.6 is 24.0 Å². The van der Waals surface area contributed by atoms with Crippen molar-refractivity contribution in [2.45, 2.75) is 78.5 Å². The Labute approximate surface area is 197 Å². The Balaban J connectivity index is 0.00000450. The van der Waals surface area contributed by atoms with Gasteiger partial charge in [0.2, 0.25) is 0 Å². The van der Waals surface area contributed by atoms with E-state index in [9.17, 15) is 4.79 Å². The molecule has 8 nitrogen and oxygen atoms in total. The van der Waals surface area contributed by atoms with E-state index >= 15 is 0 Å². The molecule has 2 N–H and O–H groups in total. The molecular weight excluding hydrogens is 497 g/mol. The number of rotatable bonds is 4. The van der Waals surface area contributed by atoms with Gasteiger partial charge in [0.25, 0.3) is 0 Å². The fourth-order valence-corrected chi connectivity index (χ4v) is 3.42. The first-order valence-corrected chi connectivity index (χ1v) is 10.00. The van der Waals surface area contributed by atoms with E-state index < -0.39 is 11.3 Å². The largest absolute Gasteiger partial charge is 0.444 e. The third-order valence-electron chi connectivity index (χ3n) is 4.76. The Kier molecular flexibility index (Phi) is 9.34. The number of amides is 1. The molecule has 0 spiro atoms. The number of aliphatic imine (C=N–C) groups is 1. The van der Waals surface area contributed by atoms with Crippen LogP contribution in [0.3, 0.4) is 0 Å². The monoisotopic (exact) mass is 533 g/mol. The zero-order valence-electron chi connectivity index (χ0n) is 19.3. The molecule has 0 radical (unpaired) electrons. The average molecular weight is 533 g/mol. The number of aryl methyl sites for hydroxylation is 1. The molecule has 170 valence electrons. The van der Waals surface area contributed by atoms with Gasteiger partial charge in [0, 0.05) is 19.8 Å². The van der Waals surface area contributed by atoms with Gasteiger partial charge in [-0.05, 0) is 60.1 Å². The molecule has 1 saturated heterocycles. The topological polar surface area (TPSA) is 88.1 Å². The maximum absolute atomic E-state index is 12.8. The van der Waals surface area contributed by atoms with Crippen LogP contribution in [0, 0.1) is 6.92 Å². The van der Waals surface area contributed by atoms with E-state index in [1.807, 2.05) is 60.6 Å². The van der Waals surface area contributed by atoms with Crippen molar-refractivity contribution in [3.63, 3.8) is 0 Å². The summed E-state index contributed by atoms with van der Waals surface area (Å²) in [5.41, 5.74) is 0.751. The second-order valence-electron chi connectivity index (χ2n) is 8.76. The highest BCUT2D eigenvalue weighted by Gasteiger charge is 2.49. The Hall–Kier alpha value is -1.62. The van der Waals surface area contributed by atoms with Gasteiger partial charge in [-0.2, -0.15) is 0 Å². The zero-order valence-corrected chi connectivity index (χ0v) is 21.6. The third-order valence-corrected chi connectivity index (χ3v) is 4.76. The summed E-state index contributed by atoms with van der Waals surface area (Å²) >= 11 is 0. The fraction of sp³-hybridized carbons (Fsp3) is 0.667. The minimum absolute atomic E-state index is 0. The number of guanidine groups is 1. The van der Waals surface area contributed by atoms with Crippen LogP contribution in [0.25, 0.3) is 0 Å². The first kappa shape index (κ1) is 26.4. The van der Waals surface area contributed by atoms with Crippen molar-refractivity contribution in [1.82, 2.24) is 20.5 Å². The van der Waals surface area contributed by atoms with E-state index in [4.69, 9.17) is 9.47 Å². The van der Waals surface area contributed by atoms with Gasteiger partial charge in [-0.3, -0.25) is 14.9 Å². The number of pyridine rings is 1. The van der Waals surface area contributed by atoms with Crippen LogP contribution in [0.4, 0.5) is 4.79 Å². The number of hydrogen-bond donors (Lipinski definition) is 2. The number of hydrogen-bond acceptors (Lipinski definition) is 5. The summed E-state index contributed by atoms with van der Waals surface area (Å²) in [5, 5.41) is 6.57. The fourth-order valence-electron chi connectivity index (χ4n) is 3.42. The number of carbonyl (C=O) groups excluding carboxylic acids is 1. The minimum Gasteiger partial charge on any atom is -0.444 e. The summed E-state index contributed by atoms with van der Waals surface area (Å²) in [5.74, 6) is 0.635. The Morgan fingerprint density at radius 2 is 2.03 bits per heavy atom. The summed E-state index contributed by atoms with van der Waals surface area (Å²) in [7, 11) is 1.71. The number of nitrogens with zero attached hydrogens (tertiary/aromatic N) is 3. The Bertz CT molecular complexity index is 748. The zero-order chi connectivity index (χ0) is 21.8. The van der Waals surface area contributed by atoms with E-state index in [0.29, 0.717) is 19.0 Å². The number of aromatic nitrogens is 1. The SMILES string of the molecule is CN=C(NCc1ncccc1C)NCC1C(C)OC(C)(C)N1C(=O)OC(C)(C)C.I. The van der Waals surface area contributed by atoms with Crippen LogP contribution in [-0.4, -0.2) is 59.0 Å². The summed E-state index contributed by atoms with van der Waals surface area (Å²) in [6.45, 7) is 14.4. The molecule has 2 unspecified atom stereocenters. The maximum atomic E-state index is 12.8. The normalized spacial score (nSPS) is 21.1. The van der Waals surface area contributed by atoms with E-state index in [-0.39, 0.29) is 42.2 Å². The summed E-state index contributed by atoms with van der Waals surface area (Å²) in [4.78, 5) is 23.2. The first-order valence-electron chi connectivity index (χ1n) is 10.00. The molecule has 1 fully saturated rings. The van der Waals surface area contributed by atoms with Crippen LogP contribution in [0.5, 0.6) is 0 Å².